The molecule has 1 amide bonds. The lowest BCUT2D eigenvalue weighted by Gasteiger charge is -2.26. The highest BCUT2D eigenvalue weighted by Gasteiger charge is 2.49. The lowest BCUT2D eigenvalue weighted by molar-refractivity contribution is -0.158. The second-order valence-corrected chi connectivity index (χ2v) is 10.8. The SMILES string of the molecule is C=C(c1ccc(CN2C(=O)C3(CCCC3)N=C2CCCC)cc1)c1ccccc1OC(C)(C)C(=O)OCC. The van der Waals surface area contributed by atoms with Gasteiger partial charge in [0, 0.05) is 12.0 Å². The van der Waals surface area contributed by atoms with Gasteiger partial charge in [0.2, 0.25) is 0 Å². The highest BCUT2D eigenvalue weighted by Crippen LogP contribution is 2.40. The molecule has 0 N–H and O–H groups in total. The summed E-state index contributed by atoms with van der Waals surface area (Å²) in [6.45, 7) is 12.5. The van der Waals surface area contributed by atoms with Crippen LogP contribution in [0.2, 0.25) is 0 Å². The van der Waals surface area contributed by atoms with E-state index in [0.717, 1.165) is 73.0 Å². The number of carbonyl (C=O) groups is 2. The molecule has 2 aromatic carbocycles. The molecule has 38 heavy (non-hydrogen) atoms. The summed E-state index contributed by atoms with van der Waals surface area (Å²) in [4.78, 5) is 32.8. The number of hydrogen-bond acceptors (Lipinski definition) is 5. The van der Waals surface area contributed by atoms with Gasteiger partial charge in [0.15, 0.2) is 5.60 Å². The maximum atomic E-state index is 13.5. The van der Waals surface area contributed by atoms with Crippen LogP contribution in [0.15, 0.2) is 60.1 Å². The first-order valence-corrected chi connectivity index (χ1v) is 13.9. The maximum absolute atomic E-state index is 13.5. The predicted molar refractivity (Wildman–Crippen MR) is 151 cm³/mol. The van der Waals surface area contributed by atoms with Crippen LogP contribution >= 0.6 is 0 Å². The Labute approximate surface area is 226 Å². The van der Waals surface area contributed by atoms with Gasteiger partial charge in [-0.1, -0.05) is 75.2 Å². The van der Waals surface area contributed by atoms with Gasteiger partial charge in [-0.2, -0.15) is 0 Å². The molecule has 1 saturated carbocycles. The molecular weight excluding hydrogens is 476 g/mol. The van der Waals surface area contributed by atoms with Crippen LogP contribution < -0.4 is 4.74 Å². The quantitative estimate of drug-likeness (QED) is 0.311. The molecule has 0 radical (unpaired) electrons. The molecule has 6 heteroatoms. The fourth-order valence-corrected chi connectivity index (χ4v) is 5.27. The van der Waals surface area contributed by atoms with Gasteiger partial charge in [-0.15, -0.1) is 0 Å². The van der Waals surface area contributed by atoms with Crippen molar-refractivity contribution >= 4 is 23.3 Å². The molecule has 6 nitrogen and oxygen atoms in total. The van der Waals surface area contributed by atoms with Crippen molar-refractivity contribution in [1.82, 2.24) is 4.90 Å². The number of para-hydroxylation sites is 1. The molecular formula is C32H40N2O4. The van der Waals surface area contributed by atoms with Gasteiger partial charge in [-0.3, -0.25) is 14.7 Å². The average Bonchev–Trinajstić information content (AvgIpc) is 3.48. The summed E-state index contributed by atoms with van der Waals surface area (Å²) in [6, 6.07) is 15.7. The minimum atomic E-state index is -1.13. The number of unbranched alkanes of at least 4 members (excludes halogenated alkanes) is 1. The van der Waals surface area contributed by atoms with Gasteiger partial charge in [0.25, 0.3) is 5.91 Å². The van der Waals surface area contributed by atoms with E-state index in [1.54, 1.807) is 20.8 Å². The number of aliphatic imine (C=N–C) groups is 1. The molecule has 1 aliphatic carbocycles. The summed E-state index contributed by atoms with van der Waals surface area (Å²) in [5.74, 6) is 1.27. The monoisotopic (exact) mass is 516 g/mol. The third kappa shape index (κ3) is 5.69. The van der Waals surface area contributed by atoms with E-state index in [1.807, 2.05) is 41.3 Å². The van der Waals surface area contributed by atoms with Crippen LogP contribution in [0.5, 0.6) is 5.75 Å². The van der Waals surface area contributed by atoms with E-state index in [1.165, 1.54) is 0 Å². The smallest absolute Gasteiger partial charge is 0.349 e. The number of amidine groups is 1. The first-order chi connectivity index (χ1) is 18.2. The molecule has 2 aliphatic rings. The summed E-state index contributed by atoms with van der Waals surface area (Å²) in [6.07, 6.45) is 6.83. The van der Waals surface area contributed by atoms with Crippen molar-refractivity contribution in [3.63, 3.8) is 0 Å². The average molecular weight is 517 g/mol. The van der Waals surface area contributed by atoms with Crippen LogP contribution in [0.3, 0.4) is 0 Å². The Bertz CT molecular complexity index is 1210. The van der Waals surface area contributed by atoms with Gasteiger partial charge in [-0.25, -0.2) is 4.79 Å². The lowest BCUT2D eigenvalue weighted by atomic mass is 9.96. The Morgan fingerprint density at radius 2 is 1.76 bits per heavy atom. The number of esters is 1. The van der Waals surface area contributed by atoms with Crippen molar-refractivity contribution in [2.45, 2.75) is 90.3 Å². The van der Waals surface area contributed by atoms with E-state index in [-0.39, 0.29) is 5.91 Å². The Morgan fingerprint density at radius 1 is 1.08 bits per heavy atom. The highest BCUT2D eigenvalue weighted by molar-refractivity contribution is 6.08. The zero-order valence-electron chi connectivity index (χ0n) is 23.2. The number of hydrogen-bond donors (Lipinski definition) is 0. The van der Waals surface area contributed by atoms with E-state index in [0.29, 0.717) is 18.9 Å². The third-order valence-electron chi connectivity index (χ3n) is 7.47. The fourth-order valence-electron chi connectivity index (χ4n) is 5.27. The number of amides is 1. The zero-order chi connectivity index (χ0) is 27.3. The van der Waals surface area contributed by atoms with Crippen LogP contribution in [0.25, 0.3) is 5.57 Å². The normalized spacial score (nSPS) is 16.6. The molecule has 1 aliphatic heterocycles. The molecule has 0 bridgehead atoms. The Hall–Kier alpha value is -3.41. The van der Waals surface area contributed by atoms with Gasteiger partial charge < -0.3 is 9.47 Å². The Balaban J connectivity index is 1.50. The summed E-state index contributed by atoms with van der Waals surface area (Å²) in [5, 5.41) is 0. The van der Waals surface area contributed by atoms with E-state index < -0.39 is 17.1 Å². The number of nitrogens with zero attached hydrogens (tertiary/aromatic N) is 2. The van der Waals surface area contributed by atoms with Crippen molar-refractivity contribution in [1.29, 1.82) is 0 Å². The van der Waals surface area contributed by atoms with E-state index in [2.05, 4.69) is 25.6 Å². The van der Waals surface area contributed by atoms with Gasteiger partial charge in [0.1, 0.15) is 17.1 Å². The number of benzene rings is 2. The third-order valence-corrected chi connectivity index (χ3v) is 7.47. The Kier molecular flexibility index (Phi) is 8.39. The van der Waals surface area contributed by atoms with Crippen molar-refractivity contribution in [2.24, 2.45) is 4.99 Å². The number of ether oxygens (including phenoxy) is 2. The van der Waals surface area contributed by atoms with Gasteiger partial charge >= 0.3 is 5.97 Å². The summed E-state index contributed by atoms with van der Waals surface area (Å²) < 4.78 is 11.3. The van der Waals surface area contributed by atoms with Crippen LogP contribution in [0, 0.1) is 0 Å². The molecule has 0 aromatic heterocycles. The summed E-state index contributed by atoms with van der Waals surface area (Å²) >= 11 is 0. The van der Waals surface area contributed by atoms with Crippen LogP contribution in [-0.4, -0.2) is 40.4 Å². The van der Waals surface area contributed by atoms with Crippen molar-refractivity contribution in [3.8, 4) is 5.75 Å². The van der Waals surface area contributed by atoms with Crippen LogP contribution in [0.1, 0.15) is 89.3 Å². The second kappa shape index (κ2) is 11.5. The molecule has 202 valence electrons. The first kappa shape index (κ1) is 27.6. The van der Waals surface area contributed by atoms with Gasteiger partial charge in [0.05, 0.1) is 13.2 Å². The maximum Gasteiger partial charge on any atom is 0.349 e. The van der Waals surface area contributed by atoms with Gasteiger partial charge in [-0.05, 0) is 62.8 Å². The van der Waals surface area contributed by atoms with Crippen molar-refractivity contribution < 1.29 is 19.1 Å². The minimum Gasteiger partial charge on any atom is -0.476 e. The molecule has 4 rings (SSSR count). The zero-order valence-corrected chi connectivity index (χ0v) is 23.2. The molecule has 2 aromatic rings. The molecule has 1 fully saturated rings. The largest absolute Gasteiger partial charge is 0.476 e. The second-order valence-electron chi connectivity index (χ2n) is 10.8. The van der Waals surface area contributed by atoms with E-state index in [4.69, 9.17) is 14.5 Å². The molecule has 0 atom stereocenters. The predicted octanol–water partition coefficient (Wildman–Crippen LogP) is 6.71. The molecule has 1 spiro atoms. The number of rotatable bonds is 11. The lowest BCUT2D eigenvalue weighted by Crippen LogP contribution is -2.40. The van der Waals surface area contributed by atoms with Crippen LogP contribution in [-0.2, 0) is 20.9 Å². The van der Waals surface area contributed by atoms with E-state index in [9.17, 15) is 9.59 Å². The highest BCUT2D eigenvalue weighted by atomic mass is 16.6. The van der Waals surface area contributed by atoms with E-state index >= 15 is 0 Å². The van der Waals surface area contributed by atoms with Crippen molar-refractivity contribution in [3.05, 3.63) is 71.8 Å². The molecule has 1 heterocycles. The minimum absolute atomic E-state index is 0.171. The van der Waals surface area contributed by atoms with Crippen LogP contribution in [0.4, 0.5) is 0 Å². The summed E-state index contributed by atoms with van der Waals surface area (Å²) in [7, 11) is 0. The number of carbonyl (C=O) groups excluding carboxylic acids is 2. The van der Waals surface area contributed by atoms with Crippen molar-refractivity contribution in [2.75, 3.05) is 6.61 Å². The topological polar surface area (TPSA) is 68.2 Å². The fraction of sp³-hybridized carbons (Fsp3) is 0.469. The standard InChI is InChI=1S/C32H40N2O4/c1-6-8-15-28-33-32(20-11-12-21-32)29(35)34(28)22-24-16-18-25(19-17-24)23(3)26-13-9-10-14-27(26)38-31(4,5)30(36)37-7-2/h9-10,13-14,16-19H,3,6-8,11-12,15,20-22H2,1-2,4-5H3. The Morgan fingerprint density at radius 3 is 2.42 bits per heavy atom. The molecule has 0 saturated heterocycles. The molecule has 0 unspecified atom stereocenters. The summed E-state index contributed by atoms with van der Waals surface area (Å²) in [5.41, 5.74) is 1.95. The first-order valence-electron chi connectivity index (χ1n) is 13.9.